The second-order valence-electron chi connectivity index (χ2n) is 4.63. The minimum atomic E-state index is -3.65. The minimum absolute atomic E-state index is 0.156. The van der Waals surface area contributed by atoms with Crippen LogP contribution in [0.5, 0.6) is 0 Å². The summed E-state index contributed by atoms with van der Waals surface area (Å²) in [6.07, 6.45) is 4.18. The standard InChI is InChI=1S/C11H14N4O2S3/c1-6-9(19-10(12)13-6)20(16,17)15-11-14-7-4-2-3-5-8(7)18-11/h2-5H2,1H3,(H2,12,13)(H,14,15). The van der Waals surface area contributed by atoms with Gasteiger partial charge in [0.05, 0.1) is 11.4 Å². The normalized spacial score (nSPS) is 15.1. The SMILES string of the molecule is Cc1nc(N)sc1S(=O)(=O)Nc1nc2c(s1)CCCC2. The Bertz CT molecular complexity index is 724. The lowest BCUT2D eigenvalue weighted by atomic mass is 10.0. The largest absolute Gasteiger partial charge is 0.375 e. The van der Waals surface area contributed by atoms with Crippen LogP contribution in [-0.4, -0.2) is 18.4 Å². The maximum Gasteiger partial charge on any atom is 0.275 e. The number of aryl methyl sites for hydroxylation is 3. The third kappa shape index (κ3) is 2.52. The first-order chi connectivity index (χ1) is 9.45. The fourth-order valence-electron chi connectivity index (χ4n) is 2.21. The number of sulfonamides is 1. The number of thiazole rings is 2. The Kier molecular flexibility index (Phi) is 3.43. The Morgan fingerprint density at radius 1 is 1.20 bits per heavy atom. The highest BCUT2D eigenvalue weighted by Crippen LogP contribution is 2.32. The first-order valence-electron chi connectivity index (χ1n) is 6.20. The molecular weight excluding hydrogens is 316 g/mol. The maximum absolute atomic E-state index is 12.3. The van der Waals surface area contributed by atoms with Crippen molar-refractivity contribution in [3.05, 3.63) is 16.3 Å². The average molecular weight is 330 g/mol. The van der Waals surface area contributed by atoms with Gasteiger partial charge in [-0.1, -0.05) is 11.3 Å². The molecular formula is C11H14N4O2S3. The molecule has 0 amide bonds. The molecule has 0 atom stereocenters. The van der Waals surface area contributed by atoms with E-state index in [4.69, 9.17) is 5.73 Å². The summed E-state index contributed by atoms with van der Waals surface area (Å²) in [5, 5.41) is 0.685. The van der Waals surface area contributed by atoms with Gasteiger partial charge in [-0.05, 0) is 32.6 Å². The van der Waals surface area contributed by atoms with Crippen LogP contribution in [0.1, 0.15) is 29.1 Å². The lowest BCUT2D eigenvalue weighted by Crippen LogP contribution is -2.12. The molecule has 2 aromatic rings. The Labute approximate surface area is 125 Å². The monoisotopic (exact) mass is 330 g/mol. The highest BCUT2D eigenvalue weighted by molar-refractivity contribution is 7.95. The van der Waals surface area contributed by atoms with Crippen LogP contribution in [0, 0.1) is 6.92 Å². The fourth-order valence-corrected chi connectivity index (χ4v) is 5.79. The molecule has 1 aliphatic rings. The second kappa shape index (κ2) is 4.97. The molecule has 2 heterocycles. The quantitative estimate of drug-likeness (QED) is 0.899. The smallest absolute Gasteiger partial charge is 0.275 e. The van der Waals surface area contributed by atoms with E-state index in [1.165, 1.54) is 16.2 Å². The summed E-state index contributed by atoms with van der Waals surface area (Å²) in [7, 11) is -3.65. The van der Waals surface area contributed by atoms with E-state index in [2.05, 4.69) is 14.7 Å². The zero-order chi connectivity index (χ0) is 14.3. The molecule has 2 aromatic heterocycles. The first-order valence-corrected chi connectivity index (χ1v) is 9.31. The van der Waals surface area contributed by atoms with Crippen molar-refractivity contribution in [2.75, 3.05) is 10.5 Å². The van der Waals surface area contributed by atoms with Crippen molar-refractivity contribution < 1.29 is 8.42 Å². The molecule has 20 heavy (non-hydrogen) atoms. The molecule has 0 aromatic carbocycles. The minimum Gasteiger partial charge on any atom is -0.375 e. The van der Waals surface area contributed by atoms with Crippen molar-refractivity contribution in [2.24, 2.45) is 0 Å². The molecule has 3 rings (SSSR count). The van der Waals surface area contributed by atoms with Gasteiger partial charge >= 0.3 is 0 Å². The van der Waals surface area contributed by atoms with Gasteiger partial charge < -0.3 is 5.73 Å². The summed E-state index contributed by atoms with van der Waals surface area (Å²) in [5.41, 5.74) is 7.00. The fraction of sp³-hybridized carbons (Fsp3) is 0.455. The van der Waals surface area contributed by atoms with Crippen LogP contribution in [0.25, 0.3) is 0 Å². The van der Waals surface area contributed by atoms with Crippen molar-refractivity contribution in [1.29, 1.82) is 0 Å². The third-order valence-corrected chi connectivity index (χ3v) is 7.22. The van der Waals surface area contributed by atoms with E-state index < -0.39 is 10.0 Å². The van der Waals surface area contributed by atoms with Crippen molar-refractivity contribution in [2.45, 2.75) is 36.8 Å². The predicted octanol–water partition coefficient (Wildman–Crippen LogP) is 2.17. The van der Waals surface area contributed by atoms with Gasteiger partial charge in [0.15, 0.2) is 14.5 Å². The molecule has 1 aliphatic carbocycles. The van der Waals surface area contributed by atoms with Crippen LogP contribution in [0.15, 0.2) is 4.21 Å². The molecule has 108 valence electrons. The van der Waals surface area contributed by atoms with Crippen molar-refractivity contribution in [3.63, 3.8) is 0 Å². The third-order valence-electron chi connectivity index (χ3n) is 3.08. The van der Waals surface area contributed by atoms with Gasteiger partial charge in [0.25, 0.3) is 10.0 Å². The van der Waals surface area contributed by atoms with Gasteiger partial charge in [-0.25, -0.2) is 18.4 Å². The summed E-state index contributed by atoms with van der Waals surface area (Å²) in [6.45, 7) is 1.63. The Morgan fingerprint density at radius 2 is 1.95 bits per heavy atom. The molecule has 0 bridgehead atoms. The molecule has 3 N–H and O–H groups in total. The van der Waals surface area contributed by atoms with E-state index in [1.54, 1.807) is 6.92 Å². The molecule has 9 heteroatoms. The molecule has 0 saturated carbocycles. The maximum atomic E-state index is 12.3. The Morgan fingerprint density at radius 3 is 2.60 bits per heavy atom. The van der Waals surface area contributed by atoms with Crippen molar-refractivity contribution in [1.82, 2.24) is 9.97 Å². The molecule has 0 unspecified atom stereocenters. The summed E-state index contributed by atoms with van der Waals surface area (Å²) in [4.78, 5) is 9.51. The number of nitrogens with one attached hydrogen (secondary N) is 1. The number of nitrogen functional groups attached to an aromatic ring is 1. The van der Waals surface area contributed by atoms with E-state index in [9.17, 15) is 8.42 Å². The Balaban J connectivity index is 1.90. The molecule has 0 saturated heterocycles. The van der Waals surface area contributed by atoms with E-state index >= 15 is 0 Å². The number of hydrogen-bond donors (Lipinski definition) is 2. The highest BCUT2D eigenvalue weighted by atomic mass is 32.2. The van der Waals surface area contributed by atoms with Crippen LogP contribution >= 0.6 is 22.7 Å². The number of hydrogen-bond acceptors (Lipinski definition) is 7. The van der Waals surface area contributed by atoms with Crippen LogP contribution in [0.3, 0.4) is 0 Å². The molecule has 6 nitrogen and oxygen atoms in total. The van der Waals surface area contributed by atoms with E-state index in [1.807, 2.05) is 0 Å². The van der Waals surface area contributed by atoms with Gasteiger partial charge in [-0.15, -0.1) is 11.3 Å². The molecule has 0 fully saturated rings. The summed E-state index contributed by atoms with van der Waals surface area (Å²) >= 11 is 2.39. The predicted molar refractivity (Wildman–Crippen MR) is 80.8 cm³/mol. The first kappa shape index (κ1) is 13.8. The number of rotatable bonds is 3. The van der Waals surface area contributed by atoms with E-state index in [0.717, 1.165) is 42.7 Å². The van der Waals surface area contributed by atoms with Gasteiger partial charge in [0.2, 0.25) is 0 Å². The van der Waals surface area contributed by atoms with Gasteiger partial charge in [-0.2, -0.15) is 0 Å². The van der Waals surface area contributed by atoms with Crippen molar-refractivity contribution >= 4 is 43.0 Å². The lowest BCUT2D eigenvalue weighted by molar-refractivity contribution is 0.602. The summed E-state index contributed by atoms with van der Waals surface area (Å²) < 4.78 is 27.3. The molecule has 0 spiro atoms. The zero-order valence-corrected chi connectivity index (χ0v) is 13.3. The average Bonchev–Trinajstić information content (AvgIpc) is 2.91. The topological polar surface area (TPSA) is 98.0 Å². The van der Waals surface area contributed by atoms with E-state index in [0.29, 0.717) is 10.8 Å². The van der Waals surface area contributed by atoms with Gasteiger partial charge in [0.1, 0.15) is 0 Å². The number of nitrogens with zero attached hydrogens (tertiary/aromatic N) is 2. The molecule has 0 aliphatic heterocycles. The lowest BCUT2D eigenvalue weighted by Gasteiger charge is -2.06. The summed E-state index contributed by atoms with van der Waals surface area (Å²) in [5.74, 6) is 0. The van der Waals surface area contributed by atoms with Crippen LogP contribution in [0.2, 0.25) is 0 Å². The second-order valence-corrected chi connectivity index (χ2v) is 8.62. The number of fused-ring (bicyclic) bond motifs is 1. The van der Waals surface area contributed by atoms with Crippen LogP contribution in [0.4, 0.5) is 10.3 Å². The van der Waals surface area contributed by atoms with E-state index in [-0.39, 0.29) is 9.34 Å². The Hall–Kier alpha value is -1.19. The summed E-state index contributed by atoms with van der Waals surface area (Å²) in [6, 6.07) is 0. The van der Waals surface area contributed by atoms with Crippen molar-refractivity contribution in [3.8, 4) is 0 Å². The van der Waals surface area contributed by atoms with Gasteiger partial charge in [-0.3, -0.25) is 4.72 Å². The van der Waals surface area contributed by atoms with Crippen LogP contribution in [-0.2, 0) is 22.9 Å². The zero-order valence-electron chi connectivity index (χ0n) is 10.8. The number of aromatic nitrogens is 2. The van der Waals surface area contributed by atoms with Gasteiger partial charge in [0, 0.05) is 4.88 Å². The van der Waals surface area contributed by atoms with Crippen LogP contribution < -0.4 is 10.5 Å². The molecule has 0 radical (unpaired) electrons. The highest BCUT2D eigenvalue weighted by Gasteiger charge is 2.24. The number of nitrogens with two attached hydrogens (primary N) is 1. The number of anilines is 2.